The van der Waals surface area contributed by atoms with Gasteiger partial charge >= 0.3 is 0 Å². The van der Waals surface area contributed by atoms with Crippen molar-refractivity contribution in [1.82, 2.24) is 14.9 Å². The molecule has 6 nitrogen and oxygen atoms in total. The number of fused-ring (bicyclic) bond motifs is 3. The summed E-state index contributed by atoms with van der Waals surface area (Å²) >= 11 is 1.85. The summed E-state index contributed by atoms with van der Waals surface area (Å²) in [6.07, 6.45) is 4.77. The van der Waals surface area contributed by atoms with Gasteiger partial charge in [-0.2, -0.15) is 0 Å². The van der Waals surface area contributed by atoms with E-state index < -0.39 is 0 Å². The first-order valence-corrected chi connectivity index (χ1v) is 11.7. The fraction of sp³-hybridized carbons (Fsp3) is 0.478. The molecule has 2 N–H and O–H groups in total. The number of hydrogen-bond acceptors (Lipinski definition) is 7. The van der Waals surface area contributed by atoms with Crippen LogP contribution in [0.1, 0.15) is 40.2 Å². The van der Waals surface area contributed by atoms with E-state index in [4.69, 9.17) is 14.7 Å². The van der Waals surface area contributed by atoms with Crippen molar-refractivity contribution < 1.29 is 9.84 Å². The lowest BCUT2D eigenvalue weighted by Crippen LogP contribution is -2.36. The summed E-state index contributed by atoms with van der Waals surface area (Å²) < 4.78 is 5.48. The Kier molecular flexibility index (Phi) is 5.95. The fourth-order valence-electron chi connectivity index (χ4n) is 4.42. The van der Waals surface area contributed by atoms with E-state index in [2.05, 4.69) is 16.3 Å². The molecule has 0 spiro atoms. The van der Waals surface area contributed by atoms with Crippen LogP contribution < -0.4 is 5.32 Å². The zero-order valence-electron chi connectivity index (χ0n) is 17.2. The number of aliphatic hydroxyl groups is 1. The number of hydrogen-bond donors (Lipinski definition) is 2. The molecule has 1 aromatic carbocycles. The first-order valence-electron chi connectivity index (χ1n) is 10.8. The van der Waals surface area contributed by atoms with Crippen LogP contribution >= 0.6 is 11.3 Å². The maximum absolute atomic E-state index is 9.67. The molecule has 0 atom stereocenters. The summed E-state index contributed by atoms with van der Waals surface area (Å²) in [6, 6.07) is 8.02. The van der Waals surface area contributed by atoms with Crippen LogP contribution in [-0.4, -0.2) is 46.3 Å². The Morgan fingerprint density at radius 2 is 1.87 bits per heavy atom. The second-order valence-corrected chi connectivity index (χ2v) is 9.13. The number of benzene rings is 1. The van der Waals surface area contributed by atoms with Crippen molar-refractivity contribution in [3.63, 3.8) is 0 Å². The number of aromatic nitrogens is 2. The fourth-order valence-corrected chi connectivity index (χ4v) is 5.70. The van der Waals surface area contributed by atoms with Crippen LogP contribution in [0.25, 0.3) is 10.2 Å². The molecular formula is C23H28N4O2S. The average molecular weight is 425 g/mol. The number of thiophene rings is 1. The SMILES string of the molecule is OCc1ccccc1CNc1nc(CN2CCOCC2)nc2sc3c(c12)CCCC3. The minimum Gasteiger partial charge on any atom is -0.392 e. The van der Waals surface area contributed by atoms with Gasteiger partial charge in [-0.05, 0) is 42.4 Å². The van der Waals surface area contributed by atoms with E-state index in [1.807, 2.05) is 29.5 Å². The first kappa shape index (κ1) is 19.9. The Bertz CT molecular complexity index is 1030. The van der Waals surface area contributed by atoms with Gasteiger partial charge in [0.1, 0.15) is 16.5 Å². The van der Waals surface area contributed by atoms with E-state index in [0.717, 1.165) is 73.3 Å². The number of anilines is 1. The number of rotatable bonds is 6. The molecule has 3 aromatic rings. The average Bonchev–Trinajstić information content (AvgIpc) is 3.17. The van der Waals surface area contributed by atoms with E-state index in [9.17, 15) is 5.11 Å². The van der Waals surface area contributed by atoms with Gasteiger partial charge in [0.15, 0.2) is 0 Å². The van der Waals surface area contributed by atoms with Crippen molar-refractivity contribution in [3.05, 3.63) is 51.7 Å². The third-order valence-electron chi connectivity index (χ3n) is 6.06. The number of aryl methyl sites for hydroxylation is 2. The van der Waals surface area contributed by atoms with Gasteiger partial charge < -0.3 is 15.2 Å². The summed E-state index contributed by atoms with van der Waals surface area (Å²) in [5.41, 5.74) is 3.50. The summed E-state index contributed by atoms with van der Waals surface area (Å²) in [5, 5.41) is 14.5. The summed E-state index contributed by atoms with van der Waals surface area (Å²) in [7, 11) is 0. The Labute approximate surface area is 180 Å². The van der Waals surface area contributed by atoms with Crippen molar-refractivity contribution in [2.75, 3.05) is 31.6 Å². The van der Waals surface area contributed by atoms with Gasteiger partial charge in [-0.15, -0.1) is 11.3 Å². The van der Waals surface area contributed by atoms with Crippen LogP contribution in [0.4, 0.5) is 5.82 Å². The molecule has 1 aliphatic heterocycles. The second-order valence-electron chi connectivity index (χ2n) is 8.05. The van der Waals surface area contributed by atoms with E-state index in [1.54, 1.807) is 0 Å². The topological polar surface area (TPSA) is 70.5 Å². The van der Waals surface area contributed by atoms with Crippen LogP contribution in [0.3, 0.4) is 0 Å². The molecule has 30 heavy (non-hydrogen) atoms. The minimum absolute atomic E-state index is 0.0488. The van der Waals surface area contributed by atoms with Crippen LogP contribution in [0.15, 0.2) is 24.3 Å². The second kappa shape index (κ2) is 8.98. The predicted octanol–water partition coefficient (Wildman–Crippen LogP) is 3.51. The Morgan fingerprint density at radius 1 is 1.07 bits per heavy atom. The van der Waals surface area contributed by atoms with Crippen LogP contribution in [-0.2, 0) is 37.3 Å². The highest BCUT2D eigenvalue weighted by Gasteiger charge is 2.22. The number of ether oxygens (including phenoxy) is 1. The lowest BCUT2D eigenvalue weighted by Gasteiger charge is -2.26. The Balaban J connectivity index is 1.49. The normalized spacial score (nSPS) is 17.2. The number of morpholine rings is 1. The van der Waals surface area contributed by atoms with Gasteiger partial charge in [-0.25, -0.2) is 9.97 Å². The Morgan fingerprint density at radius 3 is 2.70 bits per heavy atom. The smallest absolute Gasteiger partial charge is 0.146 e. The van der Waals surface area contributed by atoms with Crippen LogP contribution in [0.5, 0.6) is 0 Å². The molecule has 1 saturated heterocycles. The van der Waals surface area contributed by atoms with Gasteiger partial charge in [0, 0.05) is 24.5 Å². The highest BCUT2D eigenvalue weighted by Crippen LogP contribution is 2.39. The zero-order chi connectivity index (χ0) is 20.3. The van der Waals surface area contributed by atoms with Gasteiger partial charge in [0.25, 0.3) is 0 Å². The molecule has 1 fully saturated rings. The van der Waals surface area contributed by atoms with Crippen LogP contribution in [0, 0.1) is 0 Å². The monoisotopic (exact) mass is 424 g/mol. The maximum Gasteiger partial charge on any atom is 0.146 e. The lowest BCUT2D eigenvalue weighted by atomic mass is 9.97. The summed E-state index contributed by atoms with van der Waals surface area (Å²) in [6.45, 7) is 4.85. The summed E-state index contributed by atoms with van der Waals surface area (Å²) in [4.78, 5) is 14.9. The van der Waals surface area contributed by atoms with E-state index in [1.165, 1.54) is 28.7 Å². The van der Waals surface area contributed by atoms with Crippen molar-refractivity contribution in [3.8, 4) is 0 Å². The quantitative estimate of drug-likeness (QED) is 0.631. The molecule has 0 saturated carbocycles. The first-order chi connectivity index (χ1) is 14.8. The highest BCUT2D eigenvalue weighted by atomic mass is 32.1. The molecule has 3 heterocycles. The third-order valence-corrected chi connectivity index (χ3v) is 7.25. The summed E-state index contributed by atoms with van der Waals surface area (Å²) in [5.74, 6) is 1.82. The number of nitrogens with one attached hydrogen (secondary N) is 1. The molecule has 0 unspecified atom stereocenters. The largest absolute Gasteiger partial charge is 0.392 e. The minimum atomic E-state index is 0.0488. The highest BCUT2D eigenvalue weighted by molar-refractivity contribution is 7.19. The number of aliphatic hydroxyl groups excluding tert-OH is 1. The standard InChI is InChI=1S/C23H28N4O2S/c28-15-17-6-2-1-5-16(17)13-24-22-21-18-7-3-4-8-19(18)30-23(21)26-20(25-22)14-27-9-11-29-12-10-27/h1-2,5-6,28H,3-4,7-15H2,(H,24,25,26). The molecule has 2 aromatic heterocycles. The molecule has 7 heteroatoms. The molecule has 5 rings (SSSR count). The van der Waals surface area contributed by atoms with Crippen LogP contribution in [0.2, 0.25) is 0 Å². The molecule has 1 aliphatic carbocycles. The predicted molar refractivity (Wildman–Crippen MR) is 120 cm³/mol. The van der Waals surface area contributed by atoms with Gasteiger partial charge in [-0.3, -0.25) is 4.90 Å². The van der Waals surface area contributed by atoms with Gasteiger partial charge in [0.05, 0.1) is 31.8 Å². The maximum atomic E-state index is 9.67. The molecule has 0 amide bonds. The molecule has 0 radical (unpaired) electrons. The third kappa shape index (κ3) is 4.07. The van der Waals surface area contributed by atoms with Crippen molar-refractivity contribution in [1.29, 1.82) is 0 Å². The zero-order valence-corrected chi connectivity index (χ0v) is 18.0. The lowest BCUT2D eigenvalue weighted by molar-refractivity contribution is 0.0331. The molecule has 158 valence electrons. The van der Waals surface area contributed by atoms with Gasteiger partial charge in [0.2, 0.25) is 0 Å². The van der Waals surface area contributed by atoms with Crippen molar-refractivity contribution in [2.24, 2.45) is 0 Å². The molecule has 2 aliphatic rings. The van der Waals surface area contributed by atoms with E-state index in [-0.39, 0.29) is 6.61 Å². The molecular weight excluding hydrogens is 396 g/mol. The van der Waals surface area contributed by atoms with Crippen molar-refractivity contribution >= 4 is 27.4 Å². The Hall–Kier alpha value is -2.06. The van der Waals surface area contributed by atoms with Crippen molar-refractivity contribution in [2.45, 2.75) is 45.4 Å². The molecule has 0 bridgehead atoms. The van der Waals surface area contributed by atoms with E-state index >= 15 is 0 Å². The van der Waals surface area contributed by atoms with E-state index in [0.29, 0.717) is 6.54 Å². The number of nitrogens with zero attached hydrogens (tertiary/aromatic N) is 3. The van der Waals surface area contributed by atoms with Gasteiger partial charge in [-0.1, -0.05) is 24.3 Å².